The Kier molecular flexibility index (Phi) is 6.28. The van der Waals surface area contributed by atoms with Crippen LogP contribution in [0.1, 0.15) is 19.8 Å². The lowest BCUT2D eigenvalue weighted by atomic mass is 10.0. The predicted octanol–water partition coefficient (Wildman–Crippen LogP) is 1.32. The highest BCUT2D eigenvalue weighted by Crippen LogP contribution is 2.19. The van der Waals surface area contributed by atoms with Gasteiger partial charge in [0, 0.05) is 25.7 Å². The Morgan fingerprint density at radius 2 is 1.86 bits per heavy atom. The molecule has 0 aromatic rings. The first kappa shape index (κ1) is 17.0. The maximum absolute atomic E-state index is 12.3. The number of nitrogens with one attached hydrogen (secondary N) is 1. The molecule has 2 saturated heterocycles. The predicted molar refractivity (Wildman–Crippen MR) is 75.4 cm³/mol. The molecule has 2 fully saturated rings. The Morgan fingerprint density at radius 3 is 2.48 bits per heavy atom. The molecule has 4 nitrogen and oxygen atoms in total. The van der Waals surface area contributed by atoms with Gasteiger partial charge >= 0.3 is 6.18 Å². The number of likely N-dealkylation sites (tertiary alicyclic amines) is 1. The first-order valence-corrected chi connectivity index (χ1v) is 7.82. The van der Waals surface area contributed by atoms with Crippen LogP contribution in [-0.2, 0) is 4.74 Å². The zero-order valence-electron chi connectivity index (χ0n) is 12.7. The van der Waals surface area contributed by atoms with Gasteiger partial charge in [-0.3, -0.25) is 9.80 Å². The van der Waals surface area contributed by atoms with Crippen molar-refractivity contribution in [1.82, 2.24) is 15.1 Å². The van der Waals surface area contributed by atoms with Crippen LogP contribution < -0.4 is 5.32 Å². The lowest BCUT2D eigenvalue weighted by molar-refractivity contribution is -0.148. The fourth-order valence-corrected chi connectivity index (χ4v) is 3.04. The molecular formula is C14H26F3N3O. The average molecular weight is 309 g/mol. The molecule has 0 saturated carbocycles. The first-order valence-electron chi connectivity index (χ1n) is 7.82. The highest BCUT2D eigenvalue weighted by atomic mass is 19.4. The SMILES string of the molecule is CCN1CCOC(CNC2CCN(CC(F)(F)F)CC2)C1. The maximum Gasteiger partial charge on any atom is 0.401 e. The molecule has 2 aliphatic heterocycles. The quantitative estimate of drug-likeness (QED) is 0.829. The van der Waals surface area contributed by atoms with Crippen molar-refractivity contribution >= 4 is 0 Å². The van der Waals surface area contributed by atoms with Crippen LogP contribution in [0.3, 0.4) is 0 Å². The summed E-state index contributed by atoms with van der Waals surface area (Å²) in [5.41, 5.74) is 0. The van der Waals surface area contributed by atoms with Gasteiger partial charge in [-0.15, -0.1) is 0 Å². The lowest BCUT2D eigenvalue weighted by Crippen LogP contribution is -2.50. The van der Waals surface area contributed by atoms with Crippen LogP contribution in [0.2, 0.25) is 0 Å². The molecule has 124 valence electrons. The molecule has 1 N–H and O–H groups in total. The number of ether oxygens (including phenoxy) is 1. The van der Waals surface area contributed by atoms with Gasteiger partial charge < -0.3 is 10.1 Å². The fraction of sp³-hybridized carbons (Fsp3) is 1.00. The molecule has 2 rings (SSSR count). The number of hydrogen-bond donors (Lipinski definition) is 1. The van der Waals surface area contributed by atoms with Gasteiger partial charge in [-0.25, -0.2) is 0 Å². The lowest BCUT2D eigenvalue weighted by Gasteiger charge is -2.35. The Balaban J connectivity index is 1.62. The molecule has 0 aromatic heterocycles. The Morgan fingerprint density at radius 1 is 1.14 bits per heavy atom. The third-order valence-electron chi connectivity index (χ3n) is 4.29. The summed E-state index contributed by atoms with van der Waals surface area (Å²) in [6, 6.07) is 0.315. The molecule has 1 atom stereocenters. The summed E-state index contributed by atoms with van der Waals surface area (Å²) in [7, 11) is 0. The summed E-state index contributed by atoms with van der Waals surface area (Å²) >= 11 is 0. The van der Waals surface area contributed by atoms with E-state index in [1.54, 1.807) is 0 Å². The van der Waals surface area contributed by atoms with E-state index in [-0.39, 0.29) is 6.10 Å². The number of rotatable bonds is 5. The smallest absolute Gasteiger partial charge is 0.374 e. The topological polar surface area (TPSA) is 27.7 Å². The maximum atomic E-state index is 12.3. The van der Waals surface area contributed by atoms with E-state index in [0.29, 0.717) is 19.1 Å². The van der Waals surface area contributed by atoms with Crippen molar-refractivity contribution < 1.29 is 17.9 Å². The minimum absolute atomic E-state index is 0.201. The van der Waals surface area contributed by atoms with Crippen LogP contribution >= 0.6 is 0 Å². The van der Waals surface area contributed by atoms with E-state index in [1.807, 2.05) is 0 Å². The van der Waals surface area contributed by atoms with Crippen LogP contribution in [0, 0.1) is 0 Å². The van der Waals surface area contributed by atoms with Crippen molar-refractivity contribution in [3.05, 3.63) is 0 Å². The summed E-state index contributed by atoms with van der Waals surface area (Å²) in [5.74, 6) is 0. The molecule has 0 spiro atoms. The number of piperidine rings is 1. The van der Waals surface area contributed by atoms with Gasteiger partial charge in [0.1, 0.15) is 0 Å². The van der Waals surface area contributed by atoms with Crippen LogP contribution in [0.5, 0.6) is 0 Å². The summed E-state index contributed by atoms with van der Waals surface area (Å²) in [4.78, 5) is 3.86. The van der Waals surface area contributed by atoms with E-state index in [1.165, 1.54) is 4.90 Å². The molecule has 0 radical (unpaired) electrons. The molecule has 2 aliphatic rings. The summed E-state index contributed by atoms with van der Waals surface area (Å²) < 4.78 is 42.7. The van der Waals surface area contributed by atoms with E-state index in [2.05, 4.69) is 17.1 Å². The zero-order chi connectivity index (χ0) is 15.3. The van der Waals surface area contributed by atoms with Gasteiger partial charge in [-0.05, 0) is 32.5 Å². The Bertz CT molecular complexity index is 306. The monoisotopic (exact) mass is 309 g/mol. The molecule has 1 unspecified atom stereocenters. The molecule has 2 heterocycles. The third-order valence-corrected chi connectivity index (χ3v) is 4.29. The summed E-state index contributed by atoms with van der Waals surface area (Å²) in [6.45, 7) is 6.93. The molecule has 0 aliphatic carbocycles. The Hall–Kier alpha value is -0.370. The molecule has 0 bridgehead atoms. The van der Waals surface area contributed by atoms with Crippen molar-refractivity contribution in [2.24, 2.45) is 0 Å². The summed E-state index contributed by atoms with van der Waals surface area (Å²) in [6.07, 6.45) is -2.33. The van der Waals surface area contributed by atoms with Gasteiger partial charge in [0.05, 0.1) is 19.3 Å². The van der Waals surface area contributed by atoms with E-state index >= 15 is 0 Å². The van der Waals surface area contributed by atoms with Gasteiger partial charge in [-0.2, -0.15) is 13.2 Å². The van der Waals surface area contributed by atoms with Gasteiger partial charge in [0.25, 0.3) is 0 Å². The number of morpholine rings is 1. The largest absolute Gasteiger partial charge is 0.401 e. The van der Waals surface area contributed by atoms with E-state index in [9.17, 15) is 13.2 Å². The van der Waals surface area contributed by atoms with Crippen molar-refractivity contribution in [3.8, 4) is 0 Å². The average Bonchev–Trinajstić information content (AvgIpc) is 2.45. The minimum atomic E-state index is -4.08. The van der Waals surface area contributed by atoms with E-state index in [4.69, 9.17) is 4.74 Å². The number of halogens is 3. The van der Waals surface area contributed by atoms with Crippen LogP contribution in [-0.4, -0.2) is 80.5 Å². The molecule has 21 heavy (non-hydrogen) atoms. The van der Waals surface area contributed by atoms with Crippen molar-refractivity contribution in [1.29, 1.82) is 0 Å². The molecular weight excluding hydrogens is 283 g/mol. The fourth-order valence-electron chi connectivity index (χ4n) is 3.04. The van der Waals surface area contributed by atoms with E-state index in [0.717, 1.165) is 45.6 Å². The highest BCUT2D eigenvalue weighted by Gasteiger charge is 2.32. The van der Waals surface area contributed by atoms with Gasteiger partial charge in [0.2, 0.25) is 0 Å². The normalized spacial score (nSPS) is 27.1. The molecule has 0 amide bonds. The van der Waals surface area contributed by atoms with Crippen molar-refractivity contribution in [2.75, 3.05) is 52.4 Å². The van der Waals surface area contributed by atoms with Crippen LogP contribution in [0.4, 0.5) is 13.2 Å². The summed E-state index contributed by atoms with van der Waals surface area (Å²) in [5, 5.41) is 3.46. The number of hydrogen-bond acceptors (Lipinski definition) is 4. The minimum Gasteiger partial charge on any atom is -0.374 e. The first-order chi connectivity index (χ1) is 9.96. The van der Waals surface area contributed by atoms with E-state index < -0.39 is 12.7 Å². The molecule has 7 heteroatoms. The zero-order valence-corrected chi connectivity index (χ0v) is 12.7. The Labute approximate surface area is 124 Å². The second-order valence-corrected chi connectivity index (χ2v) is 5.96. The van der Waals surface area contributed by atoms with Crippen molar-refractivity contribution in [2.45, 2.75) is 38.1 Å². The van der Waals surface area contributed by atoms with Crippen LogP contribution in [0.15, 0.2) is 0 Å². The second kappa shape index (κ2) is 7.76. The van der Waals surface area contributed by atoms with Gasteiger partial charge in [0.15, 0.2) is 0 Å². The number of likely N-dealkylation sites (N-methyl/N-ethyl adjacent to an activating group) is 1. The third kappa shape index (κ3) is 6.10. The second-order valence-electron chi connectivity index (χ2n) is 5.96. The molecule has 0 aromatic carbocycles. The van der Waals surface area contributed by atoms with Crippen molar-refractivity contribution in [3.63, 3.8) is 0 Å². The number of nitrogens with zero attached hydrogens (tertiary/aromatic N) is 2. The van der Waals surface area contributed by atoms with Gasteiger partial charge in [-0.1, -0.05) is 6.92 Å². The highest BCUT2D eigenvalue weighted by molar-refractivity contribution is 4.81. The number of alkyl halides is 3. The van der Waals surface area contributed by atoms with Crippen LogP contribution in [0.25, 0.3) is 0 Å². The standard InChI is InChI=1S/C14H26F3N3O/c1-2-19-7-8-21-13(10-19)9-18-12-3-5-20(6-4-12)11-14(15,16)17/h12-13,18H,2-11H2,1H3.